The lowest BCUT2D eigenvalue weighted by molar-refractivity contribution is -0.250. The van der Waals surface area contributed by atoms with Gasteiger partial charge in [-0.25, -0.2) is 0 Å². The van der Waals surface area contributed by atoms with Crippen LogP contribution in [0.2, 0.25) is 0 Å². The molecule has 1 heterocycles. The Morgan fingerprint density at radius 1 is 0.850 bits per heavy atom. The van der Waals surface area contributed by atoms with Crippen LogP contribution in [0.4, 0.5) is 0 Å². The minimum atomic E-state index is -0.223. The van der Waals surface area contributed by atoms with Crippen molar-refractivity contribution in [1.82, 2.24) is 0 Å². The van der Waals surface area contributed by atoms with Gasteiger partial charge in [-0.15, -0.1) is 0 Å². The third kappa shape index (κ3) is 4.38. The van der Waals surface area contributed by atoms with E-state index in [1.165, 1.54) is 0 Å². The van der Waals surface area contributed by atoms with Crippen LogP contribution >= 0.6 is 0 Å². The zero-order valence-corrected chi connectivity index (χ0v) is 12.9. The molecule has 0 spiro atoms. The Morgan fingerprint density at radius 3 is 1.95 bits per heavy atom. The van der Waals surface area contributed by atoms with Crippen molar-refractivity contribution in [3.8, 4) is 0 Å². The first kappa shape index (κ1) is 17.8. The van der Waals surface area contributed by atoms with Crippen molar-refractivity contribution in [3.05, 3.63) is 0 Å². The lowest BCUT2D eigenvalue weighted by Crippen LogP contribution is -2.60. The predicted octanol–water partition coefficient (Wildman–Crippen LogP) is 0.608. The van der Waals surface area contributed by atoms with Crippen LogP contribution in [0.15, 0.2) is 0 Å². The molecule has 1 fully saturated rings. The molecule has 0 aromatic rings. The minimum Gasteiger partial charge on any atom is -0.396 e. The van der Waals surface area contributed by atoms with E-state index >= 15 is 0 Å². The van der Waals surface area contributed by atoms with Crippen molar-refractivity contribution < 1.29 is 28.8 Å². The summed E-state index contributed by atoms with van der Waals surface area (Å²) in [6, 6.07) is 0. The Morgan fingerprint density at radius 2 is 1.45 bits per heavy atom. The number of hydrogen-bond donors (Lipinski definition) is 1. The number of hydrogen-bond acceptors (Lipinski definition) is 6. The first-order chi connectivity index (χ1) is 9.73. The second-order valence-corrected chi connectivity index (χ2v) is 4.99. The van der Waals surface area contributed by atoms with Gasteiger partial charge in [-0.3, -0.25) is 0 Å². The zero-order valence-electron chi connectivity index (χ0n) is 12.9. The molecular weight excluding hydrogens is 264 g/mol. The largest absolute Gasteiger partial charge is 0.396 e. The van der Waals surface area contributed by atoms with Crippen molar-refractivity contribution in [3.63, 3.8) is 0 Å². The van der Waals surface area contributed by atoms with Gasteiger partial charge in [0, 0.05) is 35.0 Å². The van der Waals surface area contributed by atoms with Crippen molar-refractivity contribution in [2.75, 3.05) is 41.7 Å². The van der Waals surface area contributed by atoms with Gasteiger partial charge < -0.3 is 28.8 Å². The smallest absolute Gasteiger partial charge is 0.115 e. The number of methoxy groups -OCH3 is 4. The maximum absolute atomic E-state index is 8.90. The normalized spacial score (nSPS) is 34.4. The summed E-state index contributed by atoms with van der Waals surface area (Å²) in [5.74, 6) is 0. The van der Waals surface area contributed by atoms with Gasteiger partial charge in [0.15, 0.2) is 0 Å². The predicted molar refractivity (Wildman–Crippen MR) is 73.9 cm³/mol. The van der Waals surface area contributed by atoms with Crippen LogP contribution in [0.3, 0.4) is 0 Å². The summed E-state index contributed by atoms with van der Waals surface area (Å²) in [7, 11) is 6.59. The number of aliphatic hydroxyl groups is 1. The monoisotopic (exact) mass is 292 g/mol. The van der Waals surface area contributed by atoms with Gasteiger partial charge in [0.05, 0.1) is 12.7 Å². The fourth-order valence-electron chi connectivity index (χ4n) is 2.82. The molecular formula is C14H28O6. The van der Waals surface area contributed by atoms with Gasteiger partial charge >= 0.3 is 0 Å². The molecule has 0 saturated carbocycles. The quantitative estimate of drug-likeness (QED) is 0.628. The van der Waals surface area contributed by atoms with Crippen LogP contribution in [-0.2, 0) is 23.7 Å². The summed E-state index contributed by atoms with van der Waals surface area (Å²) in [5.41, 5.74) is 0. The molecule has 5 atom stereocenters. The van der Waals surface area contributed by atoms with Crippen LogP contribution in [0.5, 0.6) is 0 Å². The Bertz CT molecular complexity index is 250. The molecule has 20 heavy (non-hydrogen) atoms. The minimum absolute atomic E-state index is 0.0805. The van der Waals surface area contributed by atoms with E-state index in [0.29, 0.717) is 6.61 Å². The summed E-state index contributed by atoms with van der Waals surface area (Å²) in [6.45, 7) is 0.644. The molecule has 1 aliphatic rings. The molecule has 1 N–H and O–H groups in total. The number of ether oxygens (including phenoxy) is 5. The molecule has 120 valence electrons. The van der Waals surface area contributed by atoms with Gasteiger partial charge in [-0.2, -0.15) is 0 Å². The molecule has 0 aromatic heterocycles. The molecule has 0 aromatic carbocycles. The fourth-order valence-corrected chi connectivity index (χ4v) is 2.82. The SMILES string of the molecule is COC[C@H]1O[C@@H](CCCCO)[C@@H](OC)[C@@H](OC)[C@@H]1OC. The Balaban J connectivity index is 2.77. The fraction of sp³-hybridized carbons (Fsp3) is 1.00. The Kier molecular flexibility index (Phi) is 8.60. The van der Waals surface area contributed by atoms with Gasteiger partial charge in [0.1, 0.15) is 24.4 Å². The highest BCUT2D eigenvalue weighted by atomic mass is 16.6. The number of rotatable bonds is 9. The summed E-state index contributed by atoms with van der Waals surface area (Å²) in [6.07, 6.45) is 1.60. The van der Waals surface area contributed by atoms with E-state index in [2.05, 4.69) is 0 Å². The van der Waals surface area contributed by atoms with E-state index < -0.39 is 0 Å². The van der Waals surface area contributed by atoms with Crippen molar-refractivity contribution >= 4 is 0 Å². The molecule has 1 aliphatic heterocycles. The van der Waals surface area contributed by atoms with E-state index in [4.69, 9.17) is 28.8 Å². The second-order valence-electron chi connectivity index (χ2n) is 4.99. The first-order valence-corrected chi connectivity index (χ1v) is 7.07. The molecule has 0 unspecified atom stereocenters. The molecule has 0 aliphatic carbocycles. The van der Waals surface area contributed by atoms with Crippen LogP contribution < -0.4 is 0 Å². The second kappa shape index (κ2) is 9.65. The standard InChI is InChI=1S/C14H28O6/c1-16-9-11-13(18-3)14(19-4)12(17-2)10(20-11)7-5-6-8-15/h10-15H,5-9H2,1-4H3/t10-,11+,12+,13+,14+/m0/s1. The third-order valence-corrected chi connectivity index (χ3v) is 3.77. The van der Waals surface area contributed by atoms with E-state index in [9.17, 15) is 0 Å². The summed E-state index contributed by atoms with van der Waals surface area (Å²) in [5, 5.41) is 8.90. The van der Waals surface area contributed by atoms with Crippen LogP contribution in [0.1, 0.15) is 19.3 Å². The van der Waals surface area contributed by atoms with Crippen LogP contribution in [-0.4, -0.2) is 77.3 Å². The summed E-state index contributed by atoms with van der Waals surface area (Å²) in [4.78, 5) is 0. The molecule has 6 heteroatoms. The highest BCUT2D eigenvalue weighted by Crippen LogP contribution is 2.29. The molecule has 1 rings (SSSR count). The maximum atomic E-state index is 8.90. The van der Waals surface area contributed by atoms with Gasteiger partial charge in [0.2, 0.25) is 0 Å². The van der Waals surface area contributed by atoms with Gasteiger partial charge in [-0.05, 0) is 19.3 Å². The molecule has 0 bridgehead atoms. The lowest BCUT2D eigenvalue weighted by atomic mass is 9.92. The van der Waals surface area contributed by atoms with Crippen molar-refractivity contribution in [1.29, 1.82) is 0 Å². The average Bonchev–Trinajstić information content (AvgIpc) is 2.47. The Hall–Kier alpha value is -0.240. The van der Waals surface area contributed by atoms with E-state index in [1.807, 2.05) is 0 Å². The average molecular weight is 292 g/mol. The van der Waals surface area contributed by atoms with Crippen molar-refractivity contribution in [2.24, 2.45) is 0 Å². The third-order valence-electron chi connectivity index (χ3n) is 3.77. The summed E-state index contributed by atoms with van der Waals surface area (Å²) >= 11 is 0. The first-order valence-electron chi connectivity index (χ1n) is 7.07. The van der Waals surface area contributed by atoms with E-state index in [-0.39, 0.29) is 37.1 Å². The summed E-state index contributed by atoms with van der Waals surface area (Å²) < 4.78 is 27.9. The number of unbranched alkanes of at least 4 members (excludes halogenated alkanes) is 1. The van der Waals surface area contributed by atoms with Crippen molar-refractivity contribution in [2.45, 2.75) is 49.8 Å². The molecule has 6 nitrogen and oxygen atoms in total. The van der Waals surface area contributed by atoms with Crippen LogP contribution in [0.25, 0.3) is 0 Å². The molecule has 0 amide bonds. The zero-order chi connectivity index (χ0) is 15.0. The molecule has 1 saturated heterocycles. The van der Waals surface area contributed by atoms with Crippen LogP contribution in [0, 0.1) is 0 Å². The van der Waals surface area contributed by atoms with E-state index in [1.54, 1.807) is 28.4 Å². The van der Waals surface area contributed by atoms with E-state index in [0.717, 1.165) is 19.3 Å². The van der Waals surface area contributed by atoms with Gasteiger partial charge in [-0.1, -0.05) is 0 Å². The molecule has 0 radical (unpaired) electrons. The highest BCUT2D eigenvalue weighted by molar-refractivity contribution is 4.94. The van der Waals surface area contributed by atoms with Gasteiger partial charge in [0.25, 0.3) is 0 Å². The highest BCUT2D eigenvalue weighted by Gasteiger charge is 2.46. The maximum Gasteiger partial charge on any atom is 0.115 e. The topological polar surface area (TPSA) is 66.4 Å². The Labute approximate surface area is 121 Å². The lowest BCUT2D eigenvalue weighted by Gasteiger charge is -2.45. The number of aliphatic hydroxyl groups excluding tert-OH is 1.